The molecule has 0 radical (unpaired) electrons. The second kappa shape index (κ2) is 3.90. The number of rotatable bonds is 1. The normalized spacial score (nSPS) is 10.8. The number of aromatic nitrogens is 3. The summed E-state index contributed by atoms with van der Waals surface area (Å²) in [6, 6.07) is 1.80. The summed E-state index contributed by atoms with van der Waals surface area (Å²) in [5.74, 6) is 0. The third kappa shape index (κ3) is 1.76. The van der Waals surface area contributed by atoms with Gasteiger partial charge in [0.15, 0.2) is 5.65 Å². The zero-order chi connectivity index (χ0) is 11.0. The molecule has 0 saturated carbocycles. The van der Waals surface area contributed by atoms with Crippen molar-refractivity contribution in [1.29, 1.82) is 0 Å². The molecule has 15 heavy (non-hydrogen) atoms. The van der Waals surface area contributed by atoms with Crippen molar-refractivity contribution in [2.75, 3.05) is 0 Å². The highest BCUT2D eigenvalue weighted by Crippen LogP contribution is 2.22. The first-order valence-electron chi connectivity index (χ1n) is 3.96. The van der Waals surface area contributed by atoms with Crippen LogP contribution in [-0.2, 0) is 5.33 Å². The molecule has 0 atom stereocenters. The van der Waals surface area contributed by atoms with Crippen LogP contribution in [0.15, 0.2) is 16.7 Å². The van der Waals surface area contributed by atoms with Gasteiger partial charge in [-0.25, -0.2) is 9.78 Å². The van der Waals surface area contributed by atoms with Gasteiger partial charge in [-0.05, 0) is 22.0 Å². The van der Waals surface area contributed by atoms with Crippen LogP contribution in [0.1, 0.15) is 5.69 Å². The lowest BCUT2D eigenvalue weighted by Gasteiger charge is -1.94. The van der Waals surface area contributed by atoms with Gasteiger partial charge in [0.2, 0.25) is 0 Å². The lowest BCUT2D eigenvalue weighted by atomic mass is 10.3. The van der Waals surface area contributed by atoms with Crippen molar-refractivity contribution < 1.29 is 9.90 Å². The summed E-state index contributed by atoms with van der Waals surface area (Å²) >= 11 is 6.53. The minimum atomic E-state index is -1.14. The van der Waals surface area contributed by atoms with Gasteiger partial charge in [-0.15, -0.1) is 4.68 Å². The summed E-state index contributed by atoms with van der Waals surface area (Å²) in [6.07, 6.45) is 0.406. The molecule has 0 fully saturated rings. The van der Waals surface area contributed by atoms with Crippen molar-refractivity contribution in [3.05, 3.63) is 22.4 Å². The molecule has 78 valence electrons. The Hall–Kier alpha value is -0.950. The van der Waals surface area contributed by atoms with Crippen molar-refractivity contribution in [2.24, 2.45) is 0 Å². The largest absolute Gasteiger partial charge is 0.463 e. The predicted molar refractivity (Wildman–Crippen MR) is 61.3 cm³/mol. The van der Waals surface area contributed by atoms with Gasteiger partial charge in [0, 0.05) is 21.4 Å². The average molecular weight is 335 g/mol. The number of hydrogen-bond acceptors (Lipinski definition) is 3. The molecule has 1 N–H and O–H groups in total. The van der Waals surface area contributed by atoms with E-state index in [0.29, 0.717) is 16.7 Å². The third-order valence-electron chi connectivity index (χ3n) is 1.87. The molecule has 0 saturated heterocycles. The van der Waals surface area contributed by atoms with E-state index in [0.717, 1.165) is 14.5 Å². The Bertz CT molecular complexity index is 538. The summed E-state index contributed by atoms with van der Waals surface area (Å²) in [7, 11) is 0. The molecule has 2 rings (SSSR count). The first-order chi connectivity index (χ1) is 7.13. The number of fused-ring (bicyclic) bond motifs is 1. The number of carboxylic acid groups (broad SMARTS) is 1. The van der Waals surface area contributed by atoms with Gasteiger partial charge in [0.05, 0.1) is 5.69 Å². The highest BCUT2D eigenvalue weighted by molar-refractivity contribution is 9.10. The van der Waals surface area contributed by atoms with Crippen LogP contribution in [0.5, 0.6) is 0 Å². The SMILES string of the molecule is O=C(O)n1nc(CBr)c2cc(Br)cnc21. The van der Waals surface area contributed by atoms with Gasteiger partial charge >= 0.3 is 6.09 Å². The van der Waals surface area contributed by atoms with Gasteiger partial charge in [-0.3, -0.25) is 0 Å². The Labute approximate surface area is 101 Å². The van der Waals surface area contributed by atoms with Crippen LogP contribution in [0.3, 0.4) is 0 Å². The van der Waals surface area contributed by atoms with E-state index in [-0.39, 0.29) is 0 Å². The van der Waals surface area contributed by atoms with Crippen LogP contribution in [-0.4, -0.2) is 26.0 Å². The lowest BCUT2D eigenvalue weighted by molar-refractivity contribution is 0.193. The van der Waals surface area contributed by atoms with Crippen LogP contribution in [0, 0.1) is 0 Å². The maximum Gasteiger partial charge on any atom is 0.434 e. The number of halogens is 2. The molecule has 0 aromatic carbocycles. The Morgan fingerprint density at radius 3 is 2.93 bits per heavy atom. The molecule has 0 amide bonds. The second-order valence-electron chi connectivity index (χ2n) is 2.80. The number of hydrogen-bond donors (Lipinski definition) is 1. The molecule has 0 spiro atoms. The Kier molecular flexibility index (Phi) is 2.74. The van der Waals surface area contributed by atoms with E-state index in [1.807, 2.05) is 0 Å². The van der Waals surface area contributed by atoms with Crippen molar-refractivity contribution >= 4 is 49.0 Å². The van der Waals surface area contributed by atoms with Gasteiger partial charge in [-0.1, -0.05) is 15.9 Å². The third-order valence-corrected chi connectivity index (χ3v) is 2.84. The van der Waals surface area contributed by atoms with Gasteiger partial charge in [0.25, 0.3) is 0 Å². The van der Waals surface area contributed by atoms with Crippen molar-refractivity contribution in [2.45, 2.75) is 5.33 Å². The Morgan fingerprint density at radius 1 is 1.60 bits per heavy atom. The quantitative estimate of drug-likeness (QED) is 0.814. The standard InChI is InChI=1S/C8H5Br2N3O2/c9-2-6-5-1-4(10)3-11-7(5)13(12-6)8(14)15/h1,3H,2H2,(H,14,15). The smallest absolute Gasteiger partial charge is 0.434 e. The van der Waals surface area contributed by atoms with E-state index in [9.17, 15) is 4.79 Å². The second-order valence-corrected chi connectivity index (χ2v) is 4.28. The van der Waals surface area contributed by atoms with Crippen LogP contribution in [0.2, 0.25) is 0 Å². The number of pyridine rings is 1. The molecule has 0 aliphatic carbocycles. The summed E-state index contributed by atoms with van der Waals surface area (Å²) in [6.45, 7) is 0. The van der Waals surface area contributed by atoms with E-state index in [1.165, 1.54) is 0 Å². The summed E-state index contributed by atoms with van der Waals surface area (Å²) in [4.78, 5) is 14.9. The van der Waals surface area contributed by atoms with Crippen molar-refractivity contribution in [1.82, 2.24) is 14.8 Å². The highest BCUT2D eigenvalue weighted by atomic mass is 79.9. The maximum absolute atomic E-state index is 10.9. The van der Waals surface area contributed by atoms with Crippen LogP contribution < -0.4 is 0 Å². The zero-order valence-corrected chi connectivity index (χ0v) is 10.5. The van der Waals surface area contributed by atoms with Crippen LogP contribution in [0.4, 0.5) is 4.79 Å². The minimum Gasteiger partial charge on any atom is -0.463 e. The molecule has 0 bridgehead atoms. The minimum absolute atomic E-state index is 0.347. The lowest BCUT2D eigenvalue weighted by Crippen LogP contribution is -2.10. The molecule has 0 unspecified atom stereocenters. The van der Waals surface area contributed by atoms with Crippen LogP contribution >= 0.6 is 31.9 Å². The Morgan fingerprint density at radius 2 is 2.33 bits per heavy atom. The van der Waals surface area contributed by atoms with E-state index in [4.69, 9.17) is 5.11 Å². The first-order valence-corrected chi connectivity index (χ1v) is 5.87. The highest BCUT2D eigenvalue weighted by Gasteiger charge is 2.15. The maximum atomic E-state index is 10.9. The monoisotopic (exact) mass is 333 g/mol. The molecular formula is C8H5Br2N3O2. The van der Waals surface area contributed by atoms with Crippen LogP contribution in [0.25, 0.3) is 11.0 Å². The molecular weight excluding hydrogens is 330 g/mol. The van der Waals surface area contributed by atoms with Gasteiger partial charge in [0.1, 0.15) is 0 Å². The van der Waals surface area contributed by atoms with Gasteiger partial charge < -0.3 is 5.11 Å². The average Bonchev–Trinajstić information content (AvgIpc) is 2.55. The summed E-state index contributed by atoms with van der Waals surface area (Å²) < 4.78 is 1.67. The van der Waals surface area contributed by atoms with E-state index in [1.54, 1.807) is 12.3 Å². The first kappa shape index (κ1) is 10.6. The number of nitrogens with zero attached hydrogens (tertiary/aromatic N) is 3. The summed E-state index contributed by atoms with van der Waals surface area (Å²) in [5.41, 5.74) is 1.00. The van der Waals surface area contributed by atoms with E-state index < -0.39 is 6.09 Å². The zero-order valence-electron chi connectivity index (χ0n) is 7.31. The predicted octanol–water partition coefficient (Wildman–Crippen LogP) is 2.61. The molecule has 0 aliphatic rings. The fraction of sp³-hybridized carbons (Fsp3) is 0.125. The molecule has 7 heteroatoms. The molecule has 0 aliphatic heterocycles. The molecule has 2 heterocycles. The topological polar surface area (TPSA) is 68.0 Å². The summed E-state index contributed by atoms with van der Waals surface area (Å²) in [5, 5.41) is 14.0. The number of carbonyl (C=O) groups is 1. The fourth-order valence-electron chi connectivity index (χ4n) is 1.27. The Balaban J connectivity index is 2.81. The molecule has 2 aromatic heterocycles. The van der Waals surface area contributed by atoms with E-state index >= 15 is 0 Å². The van der Waals surface area contributed by atoms with Crippen molar-refractivity contribution in [3.8, 4) is 0 Å². The van der Waals surface area contributed by atoms with Gasteiger partial charge in [-0.2, -0.15) is 5.10 Å². The fourth-order valence-corrected chi connectivity index (χ4v) is 2.01. The molecule has 5 nitrogen and oxygen atoms in total. The van der Waals surface area contributed by atoms with E-state index in [2.05, 4.69) is 41.9 Å². The van der Waals surface area contributed by atoms with Crippen molar-refractivity contribution in [3.63, 3.8) is 0 Å². The number of alkyl halides is 1. The molecule has 2 aromatic rings.